The van der Waals surface area contributed by atoms with Gasteiger partial charge in [0.1, 0.15) is 22.9 Å². The number of aromatic nitrogens is 5. The highest BCUT2D eigenvalue weighted by Crippen LogP contribution is 2.49. The molecule has 0 spiro atoms. The maximum Gasteiger partial charge on any atom is 0.271 e. The highest BCUT2D eigenvalue weighted by Gasteiger charge is 2.46. The number of hydrogen-bond acceptors (Lipinski definition) is 13. The van der Waals surface area contributed by atoms with Crippen LogP contribution in [0.3, 0.4) is 0 Å². The van der Waals surface area contributed by atoms with Crippen molar-refractivity contribution in [1.82, 2.24) is 34.8 Å². The molecule has 2 aliphatic heterocycles. The minimum Gasteiger partial charge on any atom is -0.393 e. The molecular formula is C32H38N12O4. The second kappa shape index (κ2) is 12.5. The molecule has 5 heterocycles. The number of likely N-dealkylation sites (tertiary alicyclic amines) is 1. The van der Waals surface area contributed by atoms with Crippen LogP contribution >= 0.6 is 0 Å². The lowest BCUT2D eigenvalue weighted by atomic mass is 9.93. The number of amides is 1. The van der Waals surface area contributed by atoms with E-state index in [9.17, 15) is 19.8 Å². The van der Waals surface area contributed by atoms with E-state index in [1.54, 1.807) is 36.3 Å². The third-order valence-corrected chi connectivity index (χ3v) is 8.70. The third-order valence-electron chi connectivity index (χ3n) is 8.70. The number of nitrogens with zero attached hydrogens (tertiary/aromatic N) is 7. The molecular weight excluding hydrogens is 616 g/mol. The maximum atomic E-state index is 12.6. The number of aryl methyl sites for hydroxylation is 1. The molecule has 3 aromatic heterocycles. The number of carbonyl (C=O) groups excluding carboxylic acids is 2. The Hall–Kier alpha value is -5.71. The molecule has 1 fully saturated rings. The van der Waals surface area contributed by atoms with Gasteiger partial charge in [0, 0.05) is 57.6 Å². The molecule has 1 amide bonds. The number of likely N-dealkylation sites (N-methyl/N-ethyl adjacent to an activating group) is 1. The van der Waals surface area contributed by atoms with E-state index in [2.05, 4.69) is 37.9 Å². The number of benzene rings is 1. The minimum absolute atomic E-state index is 0.0231. The van der Waals surface area contributed by atoms with Crippen LogP contribution in [0.25, 0.3) is 11.1 Å². The zero-order valence-corrected chi connectivity index (χ0v) is 26.9. The Labute approximate surface area is 276 Å². The van der Waals surface area contributed by atoms with Crippen LogP contribution in [0.15, 0.2) is 78.3 Å². The zero-order valence-electron chi connectivity index (χ0n) is 26.9. The van der Waals surface area contributed by atoms with Crippen molar-refractivity contribution in [2.24, 2.45) is 18.5 Å². The van der Waals surface area contributed by atoms with Crippen molar-refractivity contribution in [2.75, 3.05) is 42.7 Å². The van der Waals surface area contributed by atoms with E-state index >= 15 is 0 Å². The van der Waals surface area contributed by atoms with Gasteiger partial charge in [0.2, 0.25) is 0 Å². The fraction of sp³-hybridized carbons (Fsp3) is 0.281. The topological polar surface area (TPSA) is 218 Å². The van der Waals surface area contributed by atoms with E-state index in [4.69, 9.17) is 16.6 Å². The summed E-state index contributed by atoms with van der Waals surface area (Å²) < 4.78 is 3.57. The van der Waals surface area contributed by atoms with E-state index in [1.807, 2.05) is 36.1 Å². The largest absolute Gasteiger partial charge is 0.393 e. The van der Waals surface area contributed by atoms with Gasteiger partial charge in [0.05, 0.1) is 52.9 Å². The number of fused-ring (bicyclic) bond motifs is 3. The standard InChI is InChI=1S/C32H38N12O4/c1-18-29-23(13-37-44(29)21-15-43(16-21)32(47,48)26-10-5-7-19(17-45)38-26)22-8-6-9-24(30(22)42(18)4)40-25(28(34)31(46)35-2)11-27(33)39-20-12-36-41(3)14-20/h5-14,17-18,21,39-40,47-48H,15-16,33-34H2,1-4H3,(H,35,46)/b27-11+,28-25+. The van der Waals surface area contributed by atoms with Crippen LogP contribution in [0.1, 0.15) is 40.9 Å². The first-order valence-electron chi connectivity index (χ1n) is 15.2. The number of nitrogens with two attached hydrogens (primary N) is 2. The van der Waals surface area contributed by atoms with Crippen LogP contribution in [0.4, 0.5) is 17.1 Å². The number of aldehydes is 1. The average Bonchev–Trinajstić information content (AvgIpc) is 3.67. The number of carbonyl (C=O) groups is 2. The SMILES string of the molecule is CNC(=O)/C(N)=C(/C=C(\N)Nc1cnn(C)c1)Nc1cccc2c1N(C)C(C)c1c-2cnn1C1CN(C(O)(O)c2cccc(C=O)n2)C1. The summed E-state index contributed by atoms with van der Waals surface area (Å²) in [5.74, 6) is -2.58. The molecule has 9 N–H and O–H groups in total. The highest BCUT2D eigenvalue weighted by molar-refractivity contribution is 5.96. The normalized spacial score (nSPS) is 17.2. The van der Waals surface area contributed by atoms with Crippen molar-refractivity contribution in [1.29, 1.82) is 0 Å². The number of pyridine rings is 1. The van der Waals surface area contributed by atoms with Gasteiger partial charge in [-0.2, -0.15) is 10.2 Å². The van der Waals surface area contributed by atoms with Crippen molar-refractivity contribution in [2.45, 2.75) is 24.9 Å². The summed E-state index contributed by atoms with van der Waals surface area (Å²) in [6, 6.07) is 10.1. The second-order valence-corrected chi connectivity index (χ2v) is 11.8. The van der Waals surface area contributed by atoms with Crippen molar-refractivity contribution in [3.8, 4) is 11.1 Å². The molecule has 0 aliphatic carbocycles. The van der Waals surface area contributed by atoms with Gasteiger partial charge in [-0.3, -0.25) is 19.0 Å². The van der Waals surface area contributed by atoms with Gasteiger partial charge in [-0.25, -0.2) is 9.88 Å². The van der Waals surface area contributed by atoms with Crippen LogP contribution in [-0.2, 0) is 17.8 Å². The van der Waals surface area contributed by atoms with Crippen LogP contribution < -0.4 is 32.3 Å². The van der Waals surface area contributed by atoms with Crippen LogP contribution in [0.2, 0.25) is 0 Å². The Balaban J connectivity index is 1.29. The van der Waals surface area contributed by atoms with Crippen molar-refractivity contribution < 1.29 is 19.8 Å². The molecule has 1 unspecified atom stereocenters. The van der Waals surface area contributed by atoms with E-state index in [0.29, 0.717) is 36.4 Å². The number of nitrogens with one attached hydrogen (secondary N) is 3. The minimum atomic E-state index is -2.34. The number of allylic oxidation sites excluding steroid dienone is 1. The molecule has 0 radical (unpaired) electrons. The van der Waals surface area contributed by atoms with E-state index in [-0.39, 0.29) is 35.0 Å². The Bertz CT molecular complexity index is 1940. The molecule has 1 atom stereocenters. The average molecular weight is 655 g/mol. The van der Waals surface area contributed by atoms with Gasteiger partial charge in [0.25, 0.3) is 11.8 Å². The zero-order chi connectivity index (χ0) is 34.3. The van der Waals surface area contributed by atoms with Crippen LogP contribution in [-0.4, -0.2) is 79.0 Å². The Kier molecular flexibility index (Phi) is 8.38. The molecule has 1 saturated heterocycles. The van der Waals surface area contributed by atoms with Gasteiger partial charge in [-0.1, -0.05) is 18.2 Å². The Morgan fingerprint density at radius 1 is 1.04 bits per heavy atom. The molecule has 16 heteroatoms. The predicted octanol–water partition coefficient (Wildman–Crippen LogP) is 0.894. The molecule has 2 aliphatic rings. The lowest BCUT2D eigenvalue weighted by molar-refractivity contribution is -0.302. The first kappa shape index (κ1) is 32.2. The first-order chi connectivity index (χ1) is 22.9. The van der Waals surface area contributed by atoms with Gasteiger partial charge in [-0.15, -0.1) is 0 Å². The highest BCUT2D eigenvalue weighted by atomic mass is 16.5. The van der Waals surface area contributed by atoms with Crippen LogP contribution in [0.5, 0.6) is 0 Å². The number of para-hydroxylation sites is 1. The summed E-state index contributed by atoms with van der Waals surface area (Å²) in [6.45, 7) is 2.66. The lowest BCUT2D eigenvalue weighted by Gasteiger charge is -2.47. The van der Waals surface area contributed by atoms with Gasteiger partial charge in [-0.05, 0) is 25.1 Å². The van der Waals surface area contributed by atoms with E-state index in [1.165, 1.54) is 24.1 Å². The number of anilines is 3. The molecule has 0 saturated carbocycles. The number of hydrogen-bond donors (Lipinski definition) is 7. The molecule has 6 rings (SSSR count). The summed E-state index contributed by atoms with van der Waals surface area (Å²) in [6.07, 6.45) is 7.32. The van der Waals surface area contributed by atoms with Gasteiger partial charge < -0.3 is 42.5 Å². The Morgan fingerprint density at radius 3 is 2.48 bits per heavy atom. The van der Waals surface area contributed by atoms with Crippen molar-refractivity contribution in [3.63, 3.8) is 0 Å². The van der Waals surface area contributed by atoms with Crippen molar-refractivity contribution >= 4 is 29.3 Å². The summed E-state index contributed by atoms with van der Waals surface area (Å²) in [5, 5.41) is 39.7. The fourth-order valence-corrected chi connectivity index (χ4v) is 6.06. The van der Waals surface area contributed by atoms with E-state index < -0.39 is 11.8 Å². The number of rotatable bonds is 10. The summed E-state index contributed by atoms with van der Waals surface area (Å²) in [7, 11) is 5.26. The molecule has 4 aromatic rings. The lowest BCUT2D eigenvalue weighted by Crippen LogP contribution is -2.59. The molecule has 1 aromatic carbocycles. The summed E-state index contributed by atoms with van der Waals surface area (Å²) >= 11 is 0. The number of aliphatic hydroxyl groups is 2. The molecule has 0 bridgehead atoms. The smallest absolute Gasteiger partial charge is 0.271 e. The molecule has 48 heavy (non-hydrogen) atoms. The first-order valence-corrected chi connectivity index (χ1v) is 15.2. The van der Waals surface area contributed by atoms with Gasteiger partial charge >= 0.3 is 0 Å². The monoisotopic (exact) mass is 654 g/mol. The third kappa shape index (κ3) is 5.72. The van der Waals surface area contributed by atoms with Gasteiger partial charge in [0.15, 0.2) is 6.29 Å². The van der Waals surface area contributed by atoms with E-state index in [0.717, 1.165) is 22.5 Å². The molecule has 250 valence electrons. The fourth-order valence-electron chi connectivity index (χ4n) is 6.06. The molecule has 16 nitrogen and oxygen atoms in total. The maximum absolute atomic E-state index is 12.6. The quantitative estimate of drug-likeness (QED) is 0.0548. The summed E-state index contributed by atoms with van der Waals surface area (Å²) in [4.78, 5) is 31.5. The summed E-state index contributed by atoms with van der Waals surface area (Å²) in [5.41, 5.74) is 18.0. The van der Waals surface area contributed by atoms with Crippen LogP contribution in [0, 0.1) is 0 Å². The van der Waals surface area contributed by atoms with Crippen molar-refractivity contribution in [3.05, 3.63) is 95.4 Å². The Morgan fingerprint density at radius 2 is 1.79 bits per heavy atom. The predicted molar refractivity (Wildman–Crippen MR) is 179 cm³/mol. The second-order valence-electron chi connectivity index (χ2n) is 11.8.